The van der Waals surface area contributed by atoms with Crippen LogP contribution in [-0.2, 0) is 6.42 Å². The standard InChI is InChI=1S/C16H26ClNS/c1-4-18-11-12-7-8-16(2,3)10-13(12)9-14-5-6-15(17)19-14/h5-6,12-13,18H,4,7-11H2,1-3H3. The first-order valence-corrected chi connectivity index (χ1v) is 8.64. The molecule has 0 aromatic carbocycles. The second-order valence-corrected chi connectivity index (χ2v) is 8.44. The van der Waals surface area contributed by atoms with Gasteiger partial charge in [-0.15, -0.1) is 11.3 Å². The molecule has 0 amide bonds. The van der Waals surface area contributed by atoms with Crippen molar-refractivity contribution >= 4 is 22.9 Å². The highest BCUT2D eigenvalue weighted by Crippen LogP contribution is 2.43. The molecular formula is C16H26ClNS. The van der Waals surface area contributed by atoms with Crippen LogP contribution in [0.2, 0.25) is 4.34 Å². The number of rotatable bonds is 5. The van der Waals surface area contributed by atoms with E-state index in [-0.39, 0.29) is 0 Å². The maximum atomic E-state index is 6.06. The third kappa shape index (κ3) is 4.47. The van der Waals surface area contributed by atoms with Gasteiger partial charge >= 0.3 is 0 Å². The van der Waals surface area contributed by atoms with Gasteiger partial charge < -0.3 is 5.32 Å². The van der Waals surface area contributed by atoms with Crippen molar-refractivity contribution in [3.05, 3.63) is 21.3 Å². The van der Waals surface area contributed by atoms with Crippen LogP contribution in [0.15, 0.2) is 12.1 Å². The fourth-order valence-corrected chi connectivity index (χ4v) is 4.53. The summed E-state index contributed by atoms with van der Waals surface area (Å²) >= 11 is 7.81. The number of hydrogen-bond acceptors (Lipinski definition) is 2. The lowest BCUT2D eigenvalue weighted by molar-refractivity contribution is 0.117. The molecule has 1 aliphatic carbocycles. The van der Waals surface area contributed by atoms with Gasteiger partial charge in [0, 0.05) is 4.88 Å². The molecule has 1 fully saturated rings. The Hall–Kier alpha value is -0.0500. The Morgan fingerprint density at radius 2 is 2.16 bits per heavy atom. The largest absolute Gasteiger partial charge is 0.317 e. The lowest BCUT2D eigenvalue weighted by Gasteiger charge is -2.41. The maximum absolute atomic E-state index is 6.06. The number of hydrogen-bond donors (Lipinski definition) is 1. The topological polar surface area (TPSA) is 12.0 Å². The average molecular weight is 300 g/mol. The molecule has 0 spiro atoms. The van der Waals surface area contributed by atoms with Gasteiger partial charge in [-0.25, -0.2) is 0 Å². The predicted molar refractivity (Wildman–Crippen MR) is 86.2 cm³/mol. The summed E-state index contributed by atoms with van der Waals surface area (Å²) in [6, 6.07) is 4.24. The lowest BCUT2D eigenvalue weighted by Crippen LogP contribution is -2.36. The average Bonchev–Trinajstić information content (AvgIpc) is 2.73. The van der Waals surface area contributed by atoms with Gasteiger partial charge in [0.1, 0.15) is 0 Å². The van der Waals surface area contributed by atoms with Crippen LogP contribution in [0.5, 0.6) is 0 Å². The zero-order chi connectivity index (χ0) is 13.9. The molecule has 2 rings (SSSR count). The normalized spacial score (nSPS) is 26.5. The van der Waals surface area contributed by atoms with Crippen LogP contribution in [0.25, 0.3) is 0 Å². The second kappa shape index (κ2) is 6.60. The van der Waals surface area contributed by atoms with E-state index in [2.05, 4.69) is 32.2 Å². The smallest absolute Gasteiger partial charge is 0.0931 e. The van der Waals surface area contributed by atoms with Crippen molar-refractivity contribution in [2.75, 3.05) is 13.1 Å². The molecule has 2 atom stereocenters. The first kappa shape index (κ1) is 15.3. The monoisotopic (exact) mass is 299 g/mol. The van der Waals surface area contributed by atoms with Crippen molar-refractivity contribution in [3.63, 3.8) is 0 Å². The Balaban J connectivity index is 2.02. The molecule has 108 valence electrons. The molecule has 1 N–H and O–H groups in total. The van der Waals surface area contributed by atoms with Crippen molar-refractivity contribution in [2.24, 2.45) is 17.3 Å². The summed E-state index contributed by atoms with van der Waals surface area (Å²) in [6.45, 7) is 9.30. The zero-order valence-electron chi connectivity index (χ0n) is 12.3. The van der Waals surface area contributed by atoms with Gasteiger partial charge in [-0.2, -0.15) is 0 Å². The number of nitrogens with one attached hydrogen (secondary N) is 1. The maximum Gasteiger partial charge on any atom is 0.0931 e. The van der Waals surface area contributed by atoms with Crippen molar-refractivity contribution in [1.82, 2.24) is 5.32 Å². The Morgan fingerprint density at radius 1 is 1.37 bits per heavy atom. The Bertz CT molecular complexity index is 399. The van der Waals surface area contributed by atoms with Crippen LogP contribution in [0, 0.1) is 17.3 Å². The SMILES string of the molecule is CCNCC1CCC(C)(C)CC1Cc1ccc(Cl)s1. The van der Waals surface area contributed by atoms with Gasteiger partial charge in [0.25, 0.3) is 0 Å². The second-order valence-electron chi connectivity index (χ2n) is 6.64. The van der Waals surface area contributed by atoms with E-state index in [4.69, 9.17) is 11.6 Å². The molecule has 1 aliphatic rings. The van der Waals surface area contributed by atoms with E-state index in [0.29, 0.717) is 5.41 Å². The number of halogens is 1. The van der Waals surface area contributed by atoms with Gasteiger partial charge in [-0.1, -0.05) is 32.4 Å². The molecule has 2 unspecified atom stereocenters. The minimum absolute atomic E-state index is 0.508. The Morgan fingerprint density at radius 3 is 2.79 bits per heavy atom. The van der Waals surface area contributed by atoms with Crippen molar-refractivity contribution < 1.29 is 0 Å². The molecule has 1 aromatic heterocycles. The van der Waals surface area contributed by atoms with Crippen LogP contribution in [-0.4, -0.2) is 13.1 Å². The van der Waals surface area contributed by atoms with Crippen molar-refractivity contribution in [2.45, 2.75) is 46.5 Å². The van der Waals surface area contributed by atoms with E-state index in [1.54, 1.807) is 11.3 Å². The van der Waals surface area contributed by atoms with Crippen LogP contribution < -0.4 is 5.32 Å². The highest BCUT2D eigenvalue weighted by atomic mass is 35.5. The summed E-state index contributed by atoms with van der Waals surface area (Å²) in [5.41, 5.74) is 0.508. The lowest BCUT2D eigenvalue weighted by atomic mass is 9.66. The summed E-state index contributed by atoms with van der Waals surface area (Å²) in [6.07, 6.45) is 5.28. The molecule has 0 saturated heterocycles. The molecule has 0 radical (unpaired) electrons. The fraction of sp³-hybridized carbons (Fsp3) is 0.750. The van der Waals surface area contributed by atoms with Crippen molar-refractivity contribution in [1.29, 1.82) is 0 Å². The van der Waals surface area contributed by atoms with E-state index < -0.39 is 0 Å². The van der Waals surface area contributed by atoms with E-state index >= 15 is 0 Å². The first-order valence-electron chi connectivity index (χ1n) is 7.45. The van der Waals surface area contributed by atoms with Crippen LogP contribution in [0.3, 0.4) is 0 Å². The van der Waals surface area contributed by atoms with Crippen LogP contribution >= 0.6 is 22.9 Å². The van der Waals surface area contributed by atoms with Gasteiger partial charge in [0.2, 0.25) is 0 Å². The minimum atomic E-state index is 0.508. The van der Waals surface area contributed by atoms with E-state index in [1.165, 1.54) is 37.1 Å². The number of thiophene rings is 1. The van der Waals surface area contributed by atoms with Crippen LogP contribution in [0.4, 0.5) is 0 Å². The fourth-order valence-electron chi connectivity index (χ4n) is 3.35. The minimum Gasteiger partial charge on any atom is -0.317 e. The molecule has 0 bridgehead atoms. The quantitative estimate of drug-likeness (QED) is 0.807. The van der Waals surface area contributed by atoms with Crippen molar-refractivity contribution in [3.8, 4) is 0 Å². The van der Waals surface area contributed by atoms with E-state index in [1.807, 2.05) is 6.07 Å². The molecule has 1 nitrogen and oxygen atoms in total. The first-order chi connectivity index (χ1) is 9.00. The summed E-state index contributed by atoms with van der Waals surface area (Å²) in [5, 5.41) is 3.54. The van der Waals surface area contributed by atoms with Gasteiger partial charge in [-0.3, -0.25) is 0 Å². The third-order valence-electron chi connectivity index (χ3n) is 4.42. The van der Waals surface area contributed by atoms with Gasteiger partial charge in [0.15, 0.2) is 0 Å². The highest BCUT2D eigenvalue weighted by molar-refractivity contribution is 7.16. The summed E-state index contributed by atoms with van der Waals surface area (Å²) in [5.74, 6) is 1.63. The molecule has 1 aromatic rings. The molecule has 1 saturated carbocycles. The highest BCUT2D eigenvalue weighted by Gasteiger charge is 2.34. The summed E-state index contributed by atoms with van der Waals surface area (Å²) in [4.78, 5) is 1.45. The van der Waals surface area contributed by atoms with Gasteiger partial charge in [0.05, 0.1) is 4.34 Å². The van der Waals surface area contributed by atoms with Gasteiger partial charge in [-0.05, 0) is 68.2 Å². The molecule has 0 aliphatic heterocycles. The summed E-state index contributed by atoms with van der Waals surface area (Å²) in [7, 11) is 0. The molecule has 3 heteroatoms. The molecule has 19 heavy (non-hydrogen) atoms. The third-order valence-corrected chi connectivity index (χ3v) is 5.68. The molecular weight excluding hydrogens is 274 g/mol. The van der Waals surface area contributed by atoms with E-state index in [0.717, 1.165) is 22.7 Å². The predicted octanol–water partition coefficient (Wildman–Crippen LogP) is 5.00. The van der Waals surface area contributed by atoms with E-state index in [9.17, 15) is 0 Å². The Kier molecular flexibility index (Phi) is 5.33. The summed E-state index contributed by atoms with van der Waals surface area (Å²) < 4.78 is 0.924. The molecule has 1 heterocycles. The Labute approximate surface area is 126 Å². The van der Waals surface area contributed by atoms with Crippen LogP contribution in [0.1, 0.15) is 44.9 Å². The zero-order valence-corrected chi connectivity index (χ0v) is 13.9.